The fraction of sp³-hybridized carbons (Fsp3) is 0.300. The van der Waals surface area contributed by atoms with Crippen molar-refractivity contribution in [2.75, 3.05) is 31.3 Å². The van der Waals surface area contributed by atoms with Crippen LogP contribution in [0.2, 0.25) is 10.0 Å². The average Bonchev–Trinajstić information content (AvgIpc) is 3.07. The fourth-order valence-corrected chi connectivity index (χ4v) is 6.80. The molecule has 1 N–H and O–H groups in total. The van der Waals surface area contributed by atoms with Gasteiger partial charge in [-0.05, 0) is 91.0 Å². The molecule has 6 nitrogen and oxygen atoms in total. The zero-order valence-corrected chi connectivity index (χ0v) is 24.0. The van der Waals surface area contributed by atoms with E-state index in [2.05, 4.69) is 17.3 Å². The smallest absolute Gasteiger partial charge is 0.251 e. The topological polar surface area (TPSA) is 75.7 Å². The standard InChI is InChI=1S/C30H30Cl2N2O4S/c1-34(26-10-13-38-14-11-26)19-20-2-6-25(7-3-20)33-30(35)23-12-15-39(36,37)29-9-5-21(16-24(29)17-23)22-4-8-27(31)28(32)18-22/h2-9,16-18,26H,10-15,19H2,1H3,(H,33,35). The van der Waals surface area contributed by atoms with E-state index < -0.39 is 9.84 Å². The third-order valence-corrected chi connectivity index (χ3v) is 9.84. The SMILES string of the molecule is CN(Cc1ccc(NC(=O)C2=Cc3cc(-c4ccc(Cl)c(Cl)c4)ccc3S(=O)(=O)CC2)cc1)C1CCOCC1. The maximum atomic E-state index is 13.2. The van der Waals surface area contributed by atoms with Crippen molar-refractivity contribution in [2.24, 2.45) is 0 Å². The Morgan fingerprint density at radius 2 is 1.67 bits per heavy atom. The van der Waals surface area contributed by atoms with E-state index in [0.29, 0.717) is 32.9 Å². The number of carbonyl (C=O) groups is 1. The summed E-state index contributed by atoms with van der Waals surface area (Å²) in [6.45, 7) is 2.43. The Morgan fingerprint density at radius 3 is 2.38 bits per heavy atom. The Morgan fingerprint density at radius 1 is 0.974 bits per heavy atom. The normalized spacial score (nSPS) is 17.3. The second-order valence-corrected chi connectivity index (χ2v) is 12.9. The number of benzene rings is 3. The number of amides is 1. The Balaban J connectivity index is 1.33. The van der Waals surface area contributed by atoms with E-state index in [4.69, 9.17) is 27.9 Å². The molecule has 0 aromatic heterocycles. The number of hydrogen-bond acceptors (Lipinski definition) is 5. The maximum absolute atomic E-state index is 13.2. The first-order valence-corrected chi connectivity index (χ1v) is 15.3. The zero-order chi connectivity index (χ0) is 27.6. The summed E-state index contributed by atoms with van der Waals surface area (Å²) in [5.41, 5.74) is 4.29. The predicted octanol–water partition coefficient (Wildman–Crippen LogP) is 6.47. The quantitative estimate of drug-likeness (QED) is 0.359. The molecule has 2 aliphatic heterocycles. The fourth-order valence-electron chi connectivity index (χ4n) is 5.04. The van der Waals surface area contributed by atoms with Crippen molar-refractivity contribution in [2.45, 2.75) is 36.7 Å². The molecule has 0 bridgehead atoms. The lowest BCUT2D eigenvalue weighted by Gasteiger charge is -2.31. The van der Waals surface area contributed by atoms with E-state index in [9.17, 15) is 13.2 Å². The molecule has 204 valence electrons. The number of anilines is 1. The highest BCUT2D eigenvalue weighted by Crippen LogP contribution is 2.33. The molecule has 1 saturated heterocycles. The second-order valence-electron chi connectivity index (χ2n) is 10.0. The van der Waals surface area contributed by atoms with Crippen LogP contribution >= 0.6 is 23.2 Å². The number of rotatable bonds is 6. The third-order valence-electron chi connectivity index (χ3n) is 7.32. The summed E-state index contributed by atoms with van der Waals surface area (Å²) >= 11 is 12.2. The largest absolute Gasteiger partial charge is 0.381 e. The predicted molar refractivity (Wildman–Crippen MR) is 157 cm³/mol. The Bertz CT molecular complexity index is 1510. The number of sulfone groups is 1. The molecule has 9 heteroatoms. The number of ether oxygens (including phenoxy) is 1. The summed E-state index contributed by atoms with van der Waals surface area (Å²) in [4.78, 5) is 15.8. The molecule has 0 spiro atoms. The monoisotopic (exact) mass is 584 g/mol. The molecule has 0 saturated carbocycles. The number of nitrogens with zero attached hydrogens (tertiary/aromatic N) is 1. The summed E-state index contributed by atoms with van der Waals surface area (Å²) in [7, 11) is -1.42. The van der Waals surface area contributed by atoms with Crippen LogP contribution < -0.4 is 5.32 Å². The Kier molecular flexibility index (Phi) is 8.45. The van der Waals surface area contributed by atoms with E-state index in [1.54, 1.807) is 36.4 Å². The van der Waals surface area contributed by atoms with Gasteiger partial charge < -0.3 is 10.1 Å². The molecule has 2 aliphatic rings. The van der Waals surface area contributed by atoms with Crippen LogP contribution in [-0.2, 0) is 25.9 Å². The van der Waals surface area contributed by atoms with E-state index in [1.165, 1.54) is 0 Å². The van der Waals surface area contributed by atoms with Crippen LogP contribution in [0.3, 0.4) is 0 Å². The summed E-state index contributed by atoms with van der Waals surface area (Å²) in [6, 6.07) is 18.7. The van der Waals surface area contributed by atoms with Gasteiger partial charge in [0.2, 0.25) is 0 Å². The van der Waals surface area contributed by atoms with Crippen molar-refractivity contribution in [1.29, 1.82) is 0 Å². The van der Waals surface area contributed by atoms with Gasteiger partial charge >= 0.3 is 0 Å². The van der Waals surface area contributed by atoms with Gasteiger partial charge in [0.15, 0.2) is 9.84 Å². The lowest BCUT2D eigenvalue weighted by Crippen LogP contribution is -2.36. The van der Waals surface area contributed by atoms with Gasteiger partial charge in [0.1, 0.15) is 0 Å². The number of fused-ring (bicyclic) bond motifs is 1. The minimum atomic E-state index is -3.55. The summed E-state index contributed by atoms with van der Waals surface area (Å²) in [6.07, 6.45) is 3.87. The number of carbonyl (C=O) groups excluding carboxylic acids is 1. The minimum Gasteiger partial charge on any atom is -0.381 e. The van der Waals surface area contributed by atoms with E-state index in [1.807, 2.05) is 30.3 Å². The van der Waals surface area contributed by atoms with Gasteiger partial charge in [0.05, 0.1) is 20.7 Å². The van der Waals surface area contributed by atoms with Crippen LogP contribution in [0.15, 0.2) is 71.1 Å². The van der Waals surface area contributed by atoms with E-state index in [-0.39, 0.29) is 23.0 Å². The van der Waals surface area contributed by atoms with E-state index >= 15 is 0 Å². The van der Waals surface area contributed by atoms with Gasteiger partial charge in [-0.2, -0.15) is 0 Å². The van der Waals surface area contributed by atoms with Gasteiger partial charge in [0, 0.05) is 37.1 Å². The molecule has 2 heterocycles. The molecule has 3 aromatic carbocycles. The van der Waals surface area contributed by atoms with Gasteiger partial charge in [-0.25, -0.2) is 8.42 Å². The average molecular weight is 586 g/mol. The highest BCUT2D eigenvalue weighted by molar-refractivity contribution is 7.91. The molecule has 0 unspecified atom stereocenters. The first-order valence-electron chi connectivity index (χ1n) is 12.9. The maximum Gasteiger partial charge on any atom is 0.251 e. The van der Waals surface area contributed by atoms with Crippen molar-refractivity contribution >= 4 is 50.7 Å². The third kappa shape index (κ3) is 6.56. The van der Waals surface area contributed by atoms with Gasteiger partial charge in [-0.15, -0.1) is 0 Å². The zero-order valence-electron chi connectivity index (χ0n) is 21.6. The number of nitrogens with one attached hydrogen (secondary N) is 1. The molecule has 0 aliphatic carbocycles. The van der Waals surface area contributed by atoms with E-state index in [0.717, 1.165) is 49.3 Å². The Labute approximate surface area is 239 Å². The lowest BCUT2D eigenvalue weighted by molar-refractivity contribution is -0.112. The van der Waals surface area contributed by atoms with Crippen LogP contribution in [-0.4, -0.2) is 51.3 Å². The van der Waals surface area contributed by atoms with Crippen molar-refractivity contribution in [3.63, 3.8) is 0 Å². The highest BCUT2D eigenvalue weighted by Gasteiger charge is 2.25. The van der Waals surface area contributed by atoms with Crippen LogP contribution in [0, 0.1) is 0 Å². The molecule has 0 atom stereocenters. The first kappa shape index (κ1) is 27.9. The molecular weight excluding hydrogens is 555 g/mol. The van der Waals surface area contributed by atoms with Crippen molar-refractivity contribution in [3.05, 3.63) is 87.4 Å². The van der Waals surface area contributed by atoms with Gasteiger partial charge in [-0.3, -0.25) is 9.69 Å². The molecule has 1 amide bonds. The summed E-state index contributed by atoms with van der Waals surface area (Å²) < 4.78 is 31.4. The Hall–Kier alpha value is -2.68. The van der Waals surface area contributed by atoms with Crippen LogP contribution in [0.4, 0.5) is 5.69 Å². The van der Waals surface area contributed by atoms with Gasteiger partial charge in [-0.1, -0.05) is 47.5 Å². The molecule has 1 fully saturated rings. The van der Waals surface area contributed by atoms with Crippen molar-refractivity contribution in [1.82, 2.24) is 4.90 Å². The highest BCUT2D eigenvalue weighted by atomic mass is 35.5. The molecule has 3 aromatic rings. The van der Waals surface area contributed by atoms with Crippen molar-refractivity contribution in [3.8, 4) is 11.1 Å². The van der Waals surface area contributed by atoms with Crippen molar-refractivity contribution < 1.29 is 17.9 Å². The summed E-state index contributed by atoms with van der Waals surface area (Å²) in [5, 5.41) is 3.79. The minimum absolute atomic E-state index is 0.124. The molecule has 39 heavy (non-hydrogen) atoms. The summed E-state index contributed by atoms with van der Waals surface area (Å²) in [5.74, 6) is -0.451. The molecular formula is C30H30Cl2N2O4S. The first-order chi connectivity index (χ1) is 18.7. The van der Waals surface area contributed by atoms with Gasteiger partial charge in [0.25, 0.3) is 5.91 Å². The number of hydrogen-bond donors (Lipinski definition) is 1. The van der Waals surface area contributed by atoms with Crippen LogP contribution in [0.1, 0.15) is 30.4 Å². The second kappa shape index (κ2) is 11.8. The van der Waals surface area contributed by atoms with Crippen LogP contribution in [0.25, 0.3) is 17.2 Å². The van der Waals surface area contributed by atoms with Crippen LogP contribution in [0.5, 0.6) is 0 Å². The lowest BCUT2D eigenvalue weighted by atomic mass is 10.0. The number of halogens is 2. The molecule has 0 radical (unpaired) electrons. The molecule has 5 rings (SSSR count).